The van der Waals surface area contributed by atoms with E-state index in [1.807, 2.05) is 13.8 Å². The molecule has 3 rings (SSSR count). The van der Waals surface area contributed by atoms with Crippen molar-refractivity contribution in [3.63, 3.8) is 0 Å². The summed E-state index contributed by atoms with van der Waals surface area (Å²) in [5, 5.41) is 0. The first-order chi connectivity index (χ1) is 14.1. The van der Waals surface area contributed by atoms with Gasteiger partial charge in [0.05, 0.1) is 36.2 Å². The van der Waals surface area contributed by atoms with Crippen LogP contribution in [0.3, 0.4) is 0 Å². The average Bonchev–Trinajstić information content (AvgIpc) is 2.66. The third-order valence-corrected chi connectivity index (χ3v) is 7.83. The Hall–Kier alpha value is -1.78. The Labute approximate surface area is 178 Å². The summed E-state index contributed by atoms with van der Waals surface area (Å²) in [4.78, 5) is 0.221. The minimum Gasteiger partial charge on any atom is -0.380 e. The molecule has 30 heavy (non-hydrogen) atoms. The fourth-order valence-electron chi connectivity index (χ4n) is 3.09. The standard InChI is InChI=1S/C21H26O7S2/c1-17-3-7-19(8-4-17)29(22,23)27-13-11-21(15-26-16-21)12-14-28-30(24,25)20-9-5-18(2)6-10-20/h3-10H,11-16H2,1-2H3. The van der Waals surface area contributed by atoms with E-state index >= 15 is 0 Å². The molecule has 1 heterocycles. The summed E-state index contributed by atoms with van der Waals surface area (Å²) >= 11 is 0. The Balaban J connectivity index is 1.51. The van der Waals surface area contributed by atoms with Gasteiger partial charge in [-0.25, -0.2) is 0 Å². The van der Waals surface area contributed by atoms with Gasteiger partial charge in [0, 0.05) is 5.41 Å². The molecule has 1 saturated heterocycles. The molecule has 0 unspecified atom stereocenters. The molecule has 0 radical (unpaired) electrons. The van der Waals surface area contributed by atoms with Crippen molar-refractivity contribution in [1.29, 1.82) is 0 Å². The number of aryl methyl sites for hydroxylation is 2. The third-order valence-electron chi connectivity index (χ3n) is 5.18. The van der Waals surface area contributed by atoms with E-state index in [4.69, 9.17) is 13.1 Å². The summed E-state index contributed by atoms with van der Waals surface area (Å²) in [6.45, 7) is 4.55. The first kappa shape index (κ1) is 22.9. The van der Waals surface area contributed by atoms with Crippen molar-refractivity contribution in [2.75, 3.05) is 26.4 Å². The zero-order valence-corrected chi connectivity index (χ0v) is 18.7. The zero-order valence-electron chi connectivity index (χ0n) is 17.0. The van der Waals surface area contributed by atoms with Crippen molar-refractivity contribution in [2.45, 2.75) is 36.5 Å². The number of hydrogen-bond donors (Lipinski definition) is 0. The maximum absolute atomic E-state index is 12.3. The smallest absolute Gasteiger partial charge is 0.296 e. The highest BCUT2D eigenvalue weighted by atomic mass is 32.2. The quantitative estimate of drug-likeness (QED) is 0.509. The van der Waals surface area contributed by atoms with Crippen LogP contribution in [0.25, 0.3) is 0 Å². The van der Waals surface area contributed by atoms with E-state index in [1.54, 1.807) is 24.3 Å². The van der Waals surface area contributed by atoms with E-state index in [9.17, 15) is 16.8 Å². The highest BCUT2D eigenvalue weighted by Gasteiger charge is 2.39. The van der Waals surface area contributed by atoms with Gasteiger partial charge in [0.2, 0.25) is 0 Å². The molecule has 1 aliphatic rings. The fraction of sp³-hybridized carbons (Fsp3) is 0.429. The van der Waals surface area contributed by atoms with Gasteiger partial charge in [-0.1, -0.05) is 35.4 Å². The molecule has 0 N–H and O–H groups in total. The van der Waals surface area contributed by atoms with Crippen LogP contribution >= 0.6 is 0 Å². The lowest BCUT2D eigenvalue weighted by atomic mass is 9.80. The second kappa shape index (κ2) is 9.15. The van der Waals surface area contributed by atoms with Crippen molar-refractivity contribution in [2.24, 2.45) is 5.41 Å². The minimum atomic E-state index is -3.83. The predicted octanol–water partition coefficient (Wildman–Crippen LogP) is 3.21. The average molecular weight is 455 g/mol. The van der Waals surface area contributed by atoms with Crippen molar-refractivity contribution in [3.8, 4) is 0 Å². The number of ether oxygens (including phenoxy) is 1. The van der Waals surface area contributed by atoms with Crippen molar-refractivity contribution >= 4 is 20.2 Å². The Morgan fingerprint density at radius 2 is 1.10 bits per heavy atom. The van der Waals surface area contributed by atoms with E-state index in [0.717, 1.165) is 11.1 Å². The lowest BCUT2D eigenvalue weighted by Gasteiger charge is -2.41. The largest absolute Gasteiger partial charge is 0.380 e. The van der Waals surface area contributed by atoms with E-state index in [1.165, 1.54) is 24.3 Å². The molecule has 2 aromatic rings. The van der Waals surface area contributed by atoms with Gasteiger partial charge in [-0.05, 0) is 51.0 Å². The van der Waals surface area contributed by atoms with Gasteiger partial charge >= 0.3 is 0 Å². The summed E-state index contributed by atoms with van der Waals surface area (Å²) in [5.74, 6) is 0. The van der Waals surface area contributed by atoms with Gasteiger partial charge in [-0.3, -0.25) is 8.37 Å². The SMILES string of the molecule is Cc1ccc(S(=O)(=O)OCCC2(CCOS(=O)(=O)c3ccc(C)cc3)COC2)cc1. The fourth-order valence-corrected chi connectivity index (χ4v) is 4.90. The van der Waals surface area contributed by atoms with Crippen LogP contribution in [0.2, 0.25) is 0 Å². The highest BCUT2D eigenvalue weighted by molar-refractivity contribution is 7.87. The molecular formula is C21H26O7S2. The van der Waals surface area contributed by atoms with Gasteiger partial charge in [0.1, 0.15) is 0 Å². The number of hydrogen-bond acceptors (Lipinski definition) is 7. The van der Waals surface area contributed by atoms with Crippen LogP contribution in [0.5, 0.6) is 0 Å². The summed E-state index contributed by atoms with van der Waals surface area (Å²) < 4.78 is 64.9. The van der Waals surface area contributed by atoms with Crippen molar-refractivity contribution < 1.29 is 29.9 Å². The molecule has 0 aromatic heterocycles. The Morgan fingerprint density at radius 1 is 0.733 bits per heavy atom. The zero-order chi connectivity index (χ0) is 21.8. The van der Waals surface area contributed by atoms with Gasteiger partial charge in [-0.2, -0.15) is 16.8 Å². The molecule has 9 heteroatoms. The molecule has 0 saturated carbocycles. The molecular weight excluding hydrogens is 428 g/mol. The third kappa shape index (κ3) is 5.67. The van der Waals surface area contributed by atoms with Crippen LogP contribution in [-0.4, -0.2) is 43.3 Å². The molecule has 0 bridgehead atoms. The topological polar surface area (TPSA) is 96.0 Å². The van der Waals surface area contributed by atoms with Crippen LogP contribution in [0.1, 0.15) is 24.0 Å². The first-order valence-electron chi connectivity index (χ1n) is 9.62. The van der Waals surface area contributed by atoms with E-state index in [2.05, 4.69) is 0 Å². The molecule has 0 aliphatic carbocycles. The Bertz CT molecular complexity index is 970. The molecule has 2 aromatic carbocycles. The molecule has 1 fully saturated rings. The second-order valence-electron chi connectivity index (χ2n) is 7.67. The predicted molar refractivity (Wildman–Crippen MR) is 111 cm³/mol. The van der Waals surface area contributed by atoms with Crippen LogP contribution in [0.15, 0.2) is 58.3 Å². The van der Waals surface area contributed by atoms with Crippen LogP contribution in [0.4, 0.5) is 0 Å². The van der Waals surface area contributed by atoms with Gasteiger partial charge in [0.25, 0.3) is 20.2 Å². The van der Waals surface area contributed by atoms with Gasteiger partial charge in [-0.15, -0.1) is 0 Å². The van der Waals surface area contributed by atoms with Crippen molar-refractivity contribution in [1.82, 2.24) is 0 Å². The Kier molecular flexibility index (Phi) is 6.98. The van der Waals surface area contributed by atoms with E-state index in [0.29, 0.717) is 26.1 Å². The van der Waals surface area contributed by atoms with E-state index in [-0.39, 0.29) is 28.4 Å². The summed E-state index contributed by atoms with van der Waals surface area (Å²) in [6.07, 6.45) is 0.845. The van der Waals surface area contributed by atoms with Gasteiger partial charge in [0.15, 0.2) is 0 Å². The number of rotatable bonds is 10. The van der Waals surface area contributed by atoms with E-state index < -0.39 is 20.2 Å². The highest BCUT2D eigenvalue weighted by Crippen LogP contribution is 2.36. The van der Waals surface area contributed by atoms with Crippen molar-refractivity contribution in [3.05, 3.63) is 59.7 Å². The molecule has 1 aliphatic heterocycles. The number of benzene rings is 2. The normalized spacial score (nSPS) is 16.2. The van der Waals surface area contributed by atoms with Crippen LogP contribution < -0.4 is 0 Å². The van der Waals surface area contributed by atoms with Crippen LogP contribution in [-0.2, 0) is 33.3 Å². The van der Waals surface area contributed by atoms with Crippen LogP contribution in [0, 0.1) is 19.3 Å². The minimum absolute atomic E-state index is 0.00964. The maximum Gasteiger partial charge on any atom is 0.296 e. The maximum atomic E-state index is 12.3. The Morgan fingerprint density at radius 3 is 1.40 bits per heavy atom. The lowest BCUT2D eigenvalue weighted by molar-refractivity contribution is -0.129. The molecule has 0 spiro atoms. The lowest BCUT2D eigenvalue weighted by Crippen LogP contribution is -2.44. The first-order valence-corrected chi connectivity index (χ1v) is 12.4. The summed E-state index contributed by atoms with van der Waals surface area (Å²) in [7, 11) is -7.67. The van der Waals surface area contributed by atoms with Gasteiger partial charge < -0.3 is 4.74 Å². The monoisotopic (exact) mass is 454 g/mol. The summed E-state index contributed by atoms with van der Waals surface area (Å²) in [6, 6.07) is 12.9. The second-order valence-corrected chi connectivity index (χ2v) is 10.9. The molecule has 0 atom stereocenters. The molecule has 7 nitrogen and oxygen atoms in total. The molecule has 164 valence electrons. The molecule has 0 amide bonds. The summed E-state index contributed by atoms with van der Waals surface area (Å²) in [5.41, 5.74) is 1.56.